The molecule has 3 N–H and O–H groups in total. The normalized spacial score (nSPS) is 11.4. The van der Waals surface area contributed by atoms with Crippen molar-refractivity contribution in [3.05, 3.63) is 22.1 Å². The lowest BCUT2D eigenvalue weighted by molar-refractivity contribution is 0.0708. The van der Waals surface area contributed by atoms with Crippen LogP contribution in [-0.2, 0) is 13.3 Å². The second-order valence-corrected chi connectivity index (χ2v) is 7.93. The van der Waals surface area contributed by atoms with E-state index in [0.717, 1.165) is 0 Å². The summed E-state index contributed by atoms with van der Waals surface area (Å²) in [6.07, 6.45) is 0.650. The van der Waals surface area contributed by atoms with E-state index in [2.05, 4.69) is 20.6 Å². The summed E-state index contributed by atoms with van der Waals surface area (Å²) in [6, 6.07) is 1.52. The van der Waals surface area contributed by atoms with Gasteiger partial charge in [-0.3, -0.25) is 15.1 Å². The van der Waals surface area contributed by atoms with Crippen molar-refractivity contribution in [1.82, 2.24) is 15.3 Å². The molecule has 0 aliphatic rings. The van der Waals surface area contributed by atoms with Gasteiger partial charge in [-0.15, -0.1) is 0 Å². The second kappa shape index (κ2) is 11.0. The van der Waals surface area contributed by atoms with Gasteiger partial charge in [0, 0.05) is 44.2 Å². The molecule has 0 fully saturated rings. The van der Waals surface area contributed by atoms with Crippen molar-refractivity contribution in [1.29, 1.82) is 0 Å². The van der Waals surface area contributed by atoms with E-state index >= 15 is 0 Å². The van der Waals surface area contributed by atoms with Gasteiger partial charge in [0.25, 0.3) is 5.56 Å². The zero-order valence-corrected chi connectivity index (χ0v) is 16.3. The van der Waals surface area contributed by atoms with Gasteiger partial charge in [-0.1, -0.05) is 0 Å². The van der Waals surface area contributed by atoms with Crippen LogP contribution in [0.25, 0.3) is 0 Å². The standard InChI is InChI=1S/C15H28N4O5Si/c1-5-22-25(23-6-2,24-7-3)10-8-9-16-15(21)19-14-17-12(4)11-13(20)18-14/h11H,5-10H2,1-4H3,(H3,16,17,18,19,20,21). The van der Waals surface area contributed by atoms with Crippen LogP contribution in [0.1, 0.15) is 32.9 Å². The molecule has 0 aliphatic carbocycles. The summed E-state index contributed by atoms with van der Waals surface area (Å²) in [6.45, 7) is 9.37. The minimum Gasteiger partial charge on any atom is -0.374 e. The maximum absolute atomic E-state index is 11.9. The summed E-state index contributed by atoms with van der Waals surface area (Å²) >= 11 is 0. The highest BCUT2D eigenvalue weighted by molar-refractivity contribution is 6.60. The smallest absolute Gasteiger partial charge is 0.374 e. The molecule has 1 aromatic heterocycles. The van der Waals surface area contributed by atoms with Crippen LogP contribution >= 0.6 is 0 Å². The molecule has 0 saturated heterocycles. The monoisotopic (exact) mass is 372 g/mol. The average Bonchev–Trinajstić information content (AvgIpc) is 2.51. The number of aromatic amines is 1. The number of aromatic nitrogens is 2. The maximum atomic E-state index is 11.9. The molecule has 0 atom stereocenters. The zero-order chi connectivity index (χ0) is 18.7. The van der Waals surface area contributed by atoms with Crippen molar-refractivity contribution in [2.24, 2.45) is 0 Å². The van der Waals surface area contributed by atoms with Crippen LogP contribution in [0.15, 0.2) is 10.9 Å². The summed E-state index contributed by atoms with van der Waals surface area (Å²) in [7, 11) is -2.69. The number of anilines is 1. The number of hydrogen-bond donors (Lipinski definition) is 3. The molecular weight excluding hydrogens is 344 g/mol. The van der Waals surface area contributed by atoms with Gasteiger partial charge < -0.3 is 18.6 Å². The highest BCUT2D eigenvalue weighted by atomic mass is 28.4. The van der Waals surface area contributed by atoms with E-state index < -0.39 is 14.8 Å². The number of amides is 2. The van der Waals surface area contributed by atoms with Gasteiger partial charge >= 0.3 is 14.8 Å². The highest BCUT2D eigenvalue weighted by Gasteiger charge is 2.39. The number of urea groups is 1. The minimum atomic E-state index is -2.69. The van der Waals surface area contributed by atoms with Gasteiger partial charge in [-0.05, 0) is 34.1 Å². The molecule has 2 amide bonds. The molecule has 0 bridgehead atoms. The third-order valence-corrected chi connectivity index (χ3v) is 6.29. The first-order valence-electron chi connectivity index (χ1n) is 8.49. The number of nitrogens with zero attached hydrogens (tertiary/aromatic N) is 1. The molecule has 0 saturated carbocycles. The van der Waals surface area contributed by atoms with Gasteiger partial charge in [-0.25, -0.2) is 9.78 Å². The van der Waals surface area contributed by atoms with Crippen molar-refractivity contribution < 1.29 is 18.1 Å². The Morgan fingerprint density at radius 1 is 1.20 bits per heavy atom. The Kier molecular flexibility index (Phi) is 9.35. The maximum Gasteiger partial charge on any atom is 0.500 e. The van der Waals surface area contributed by atoms with Crippen molar-refractivity contribution in [3.8, 4) is 0 Å². The first-order chi connectivity index (χ1) is 11.9. The summed E-state index contributed by atoms with van der Waals surface area (Å²) in [5.41, 5.74) is 0.212. The number of nitrogens with one attached hydrogen (secondary N) is 3. The van der Waals surface area contributed by atoms with Crippen LogP contribution in [0.3, 0.4) is 0 Å². The second-order valence-electron chi connectivity index (χ2n) is 5.20. The number of aryl methyl sites for hydroxylation is 1. The molecule has 0 unspecified atom stereocenters. The van der Waals surface area contributed by atoms with E-state index in [4.69, 9.17) is 13.3 Å². The van der Waals surface area contributed by atoms with Crippen LogP contribution in [-0.4, -0.2) is 51.2 Å². The third-order valence-electron chi connectivity index (χ3n) is 3.14. The minimum absolute atomic E-state index is 0.115. The Labute approximate surface area is 148 Å². The number of carbonyl (C=O) groups excluding carboxylic acids is 1. The Hall–Kier alpha value is -1.75. The predicted octanol–water partition coefficient (Wildman–Crippen LogP) is 1.64. The van der Waals surface area contributed by atoms with Crippen molar-refractivity contribution >= 4 is 20.8 Å². The van der Waals surface area contributed by atoms with E-state index in [1.807, 2.05) is 20.8 Å². The zero-order valence-electron chi connectivity index (χ0n) is 15.3. The fourth-order valence-corrected chi connectivity index (χ4v) is 4.91. The third kappa shape index (κ3) is 7.78. The first-order valence-corrected chi connectivity index (χ1v) is 10.4. The first kappa shape index (κ1) is 21.3. The Morgan fingerprint density at radius 3 is 2.32 bits per heavy atom. The molecule has 1 heterocycles. The lowest BCUT2D eigenvalue weighted by Crippen LogP contribution is -2.46. The van der Waals surface area contributed by atoms with Crippen LogP contribution in [0.4, 0.5) is 10.7 Å². The SMILES string of the molecule is CCO[Si](CCCNC(=O)Nc1nc(C)cc(=O)[nH]1)(OCC)OCC. The Morgan fingerprint density at radius 2 is 1.80 bits per heavy atom. The van der Waals surface area contributed by atoms with Gasteiger partial charge in [0.05, 0.1) is 0 Å². The Bertz CT molecular complexity index is 579. The van der Waals surface area contributed by atoms with Crippen LogP contribution < -0.4 is 16.2 Å². The summed E-state index contributed by atoms with van der Waals surface area (Å²) in [4.78, 5) is 29.7. The van der Waals surface area contributed by atoms with Gasteiger partial charge in [0.1, 0.15) is 0 Å². The number of rotatable bonds is 11. The van der Waals surface area contributed by atoms with E-state index in [-0.39, 0.29) is 11.5 Å². The molecule has 0 aromatic carbocycles. The topological polar surface area (TPSA) is 115 Å². The van der Waals surface area contributed by atoms with Crippen molar-refractivity contribution in [2.45, 2.75) is 40.2 Å². The fourth-order valence-electron chi connectivity index (χ4n) is 2.30. The largest absolute Gasteiger partial charge is 0.500 e. The van der Waals surface area contributed by atoms with E-state index in [9.17, 15) is 9.59 Å². The van der Waals surface area contributed by atoms with Crippen LogP contribution in [0, 0.1) is 6.92 Å². The molecule has 142 valence electrons. The van der Waals surface area contributed by atoms with Crippen LogP contribution in [0.2, 0.25) is 6.04 Å². The molecule has 0 spiro atoms. The quantitative estimate of drug-likeness (QED) is 0.402. The highest BCUT2D eigenvalue weighted by Crippen LogP contribution is 2.17. The van der Waals surface area contributed by atoms with Crippen LogP contribution in [0.5, 0.6) is 0 Å². The van der Waals surface area contributed by atoms with Crippen molar-refractivity contribution in [2.75, 3.05) is 31.7 Å². The Balaban J connectivity index is 2.46. The fraction of sp³-hybridized carbons (Fsp3) is 0.667. The van der Waals surface area contributed by atoms with E-state index in [0.29, 0.717) is 44.5 Å². The average molecular weight is 372 g/mol. The number of hydrogen-bond acceptors (Lipinski definition) is 6. The lowest BCUT2D eigenvalue weighted by atomic mass is 10.4. The van der Waals surface area contributed by atoms with Gasteiger partial charge in [0.15, 0.2) is 0 Å². The molecule has 1 rings (SSSR count). The predicted molar refractivity (Wildman–Crippen MR) is 96.7 cm³/mol. The lowest BCUT2D eigenvalue weighted by Gasteiger charge is -2.28. The molecule has 10 heteroatoms. The summed E-state index contributed by atoms with van der Waals surface area (Å²) in [5, 5.41) is 5.21. The summed E-state index contributed by atoms with van der Waals surface area (Å²) in [5.74, 6) is 0.115. The molecule has 0 aliphatic heterocycles. The van der Waals surface area contributed by atoms with Crippen molar-refractivity contribution in [3.63, 3.8) is 0 Å². The molecule has 0 radical (unpaired) electrons. The molecule has 25 heavy (non-hydrogen) atoms. The molecule has 1 aromatic rings. The van der Waals surface area contributed by atoms with Gasteiger partial charge in [0.2, 0.25) is 5.95 Å². The molecule has 9 nitrogen and oxygen atoms in total. The number of carbonyl (C=O) groups is 1. The molecular formula is C15H28N4O5Si. The van der Waals surface area contributed by atoms with Gasteiger partial charge in [-0.2, -0.15) is 0 Å². The van der Waals surface area contributed by atoms with E-state index in [1.54, 1.807) is 6.92 Å². The summed E-state index contributed by atoms with van der Waals surface area (Å²) < 4.78 is 17.3. The number of H-pyrrole nitrogens is 1. The van der Waals surface area contributed by atoms with E-state index in [1.165, 1.54) is 6.07 Å².